The van der Waals surface area contributed by atoms with Gasteiger partial charge < -0.3 is 18.8 Å². The third-order valence-electron chi connectivity index (χ3n) is 4.17. The molecule has 0 aliphatic carbocycles. The van der Waals surface area contributed by atoms with Gasteiger partial charge >= 0.3 is 5.97 Å². The molecule has 1 aliphatic heterocycles. The van der Waals surface area contributed by atoms with E-state index in [4.69, 9.17) is 14.2 Å². The van der Waals surface area contributed by atoms with Crippen LogP contribution in [0.15, 0.2) is 46.2 Å². The fourth-order valence-corrected chi connectivity index (χ4v) is 4.22. The molecule has 0 saturated carbocycles. The van der Waals surface area contributed by atoms with Crippen LogP contribution in [0, 0.1) is 0 Å². The molecule has 2 aromatic rings. The molecule has 0 amide bonds. The maximum atomic E-state index is 12.6. The zero-order valence-corrected chi connectivity index (χ0v) is 16.3. The zero-order chi connectivity index (χ0) is 20.3. The topological polar surface area (TPSA) is 104 Å². The van der Waals surface area contributed by atoms with E-state index in [1.807, 2.05) is 0 Å². The summed E-state index contributed by atoms with van der Waals surface area (Å²) in [7, 11) is -3.75. The highest BCUT2D eigenvalue weighted by Gasteiger charge is 2.23. The number of hydrogen-bond donors (Lipinski definition) is 0. The van der Waals surface area contributed by atoms with Gasteiger partial charge in [0.2, 0.25) is 16.8 Å². The van der Waals surface area contributed by atoms with Crippen LogP contribution in [0.5, 0.6) is 17.2 Å². The van der Waals surface area contributed by atoms with Gasteiger partial charge in [-0.25, -0.2) is 13.2 Å². The number of ether oxygens (including phenoxy) is 3. The lowest BCUT2D eigenvalue weighted by Gasteiger charge is -2.18. The molecule has 0 saturated heterocycles. The summed E-state index contributed by atoms with van der Waals surface area (Å²) in [5.41, 5.74) is -0.513. The molecule has 0 atom stereocenters. The third kappa shape index (κ3) is 4.02. The molecule has 0 N–H and O–H groups in total. The number of pyridine rings is 1. The Morgan fingerprint density at radius 1 is 1.14 bits per heavy atom. The summed E-state index contributed by atoms with van der Waals surface area (Å²) in [6.07, 6.45) is 1.15. The quantitative estimate of drug-likeness (QED) is 0.501. The second-order valence-electron chi connectivity index (χ2n) is 5.91. The van der Waals surface area contributed by atoms with Crippen LogP contribution in [-0.4, -0.2) is 43.1 Å². The minimum Gasteiger partial charge on any atom is -0.454 e. The number of carbonyl (C=O) groups is 1. The van der Waals surface area contributed by atoms with Gasteiger partial charge in [-0.1, -0.05) is 13.8 Å². The molecule has 1 aromatic heterocycles. The van der Waals surface area contributed by atoms with Crippen molar-refractivity contribution in [2.24, 2.45) is 0 Å². The first kappa shape index (κ1) is 19.9. The van der Waals surface area contributed by atoms with E-state index < -0.39 is 28.1 Å². The molecule has 0 spiro atoms. The van der Waals surface area contributed by atoms with Crippen molar-refractivity contribution in [3.8, 4) is 17.2 Å². The molecule has 1 aliphatic rings. The summed E-state index contributed by atoms with van der Waals surface area (Å²) < 4.78 is 43.1. The van der Waals surface area contributed by atoms with Crippen LogP contribution < -0.4 is 19.8 Å². The minimum atomic E-state index is -3.75. The molecule has 9 nitrogen and oxygen atoms in total. The summed E-state index contributed by atoms with van der Waals surface area (Å²) in [4.78, 5) is 24.2. The predicted molar refractivity (Wildman–Crippen MR) is 99.0 cm³/mol. The number of rotatable bonds is 7. The summed E-state index contributed by atoms with van der Waals surface area (Å²) in [5.74, 6) is 0.507. The van der Waals surface area contributed by atoms with E-state index in [0.717, 1.165) is 16.8 Å². The highest BCUT2D eigenvalue weighted by molar-refractivity contribution is 7.89. The van der Waals surface area contributed by atoms with Crippen LogP contribution in [-0.2, 0) is 21.4 Å². The first-order valence-electron chi connectivity index (χ1n) is 8.66. The summed E-state index contributed by atoms with van der Waals surface area (Å²) in [5, 5.41) is 0. The van der Waals surface area contributed by atoms with Gasteiger partial charge in [0.05, 0.1) is 4.90 Å². The van der Waals surface area contributed by atoms with Crippen molar-refractivity contribution in [1.29, 1.82) is 0 Å². The Hall–Kier alpha value is -2.85. The van der Waals surface area contributed by atoms with E-state index in [0.29, 0.717) is 24.6 Å². The van der Waals surface area contributed by atoms with Crippen molar-refractivity contribution in [3.05, 3.63) is 46.9 Å². The fourth-order valence-electron chi connectivity index (χ4n) is 2.74. The molecule has 2 heterocycles. The smallest absolute Gasteiger partial charge is 0.331 e. The maximum absolute atomic E-state index is 12.6. The number of benzene rings is 1. The zero-order valence-electron chi connectivity index (χ0n) is 15.5. The highest BCUT2D eigenvalue weighted by atomic mass is 32.2. The standard InChI is InChI=1S/C18H20N2O7S/c1-3-20(4-2)28(23,24)14-6-8-17(21)19(10-14)11-18(22)27-13-5-7-15-16(9-13)26-12-25-15/h5-10H,3-4,11-12H2,1-2H3. The molecule has 150 valence electrons. The number of nitrogens with zero attached hydrogens (tertiary/aromatic N) is 2. The van der Waals surface area contributed by atoms with Crippen molar-refractivity contribution in [3.63, 3.8) is 0 Å². The Morgan fingerprint density at radius 3 is 2.57 bits per heavy atom. The van der Waals surface area contributed by atoms with Gasteiger partial charge in [-0.3, -0.25) is 4.79 Å². The molecular formula is C18H20N2O7S. The molecule has 1 aromatic carbocycles. The Kier molecular flexibility index (Phi) is 5.71. The first-order valence-corrected chi connectivity index (χ1v) is 10.1. The normalized spacial score (nSPS) is 13.0. The number of carbonyl (C=O) groups excluding carboxylic acids is 1. The Labute approximate surface area is 162 Å². The number of hydrogen-bond acceptors (Lipinski definition) is 7. The van der Waals surface area contributed by atoms with Crippen LogP contribution >= 0.6 is 0 Å². The lowest BCUT2D eigenvalue weighted by Crippen LogP contribution is -2.32. The largest absolute Gasteiger partial charge is 0.454 e. The van der Waals surface area contributed by atoms with Gasteiger partial charge in [-0.2, -0.15) is 4.31 Å². The molecule has 0 radical (unpaired) electrons. The average molecular weight is 408 g/mol. The summed E-state index contributed by atoms with van der Waals surface area (Å²) in [6, 6.07) is 6.99. The van der Waals surface area contributed by atoms with Gasteiger partial charge in [-0.15, -0.1) is 0 Å². The SMILES string of the molecule is CCN(CC)S(=O)(=O)c1ccc(=O)n(CC(=O)Oc2ccc3c(c2)OCO3)c1. The van der Waals surface area contributed by atoms with Crippen LogP contribution in [0.4, 0.5) is 0 Å². The third-order valence-corrected chi connectivity index (χ3v) is 6.21. The molecule has 10 heteroatoms. The summed E-state index contributed by atoms with van der Waals surface area (Å²) >= 11 is 0. The van der Waals surface area contributed by atoms with E-state index >= 15 is 0 Å². The lowest BCUT2D eigenvalue weighted by molar-refractivity contribution is -0.135. The molecule has 28 heavy (non-hydrogen) atoms. The Balaban J connectivity index is 1.78. The van der Waals surface area contributed by atoms with E-state index in [-0.39, 0.29) is 17.4 Å². The van der Waals surface area contributed by atoms with Gasteiger partial charge in [-0.05, 0) is 18.2 Å². The van der Waals surface area contributed by atoms with E-state index in [1.165, 1.54) is 22.5 Å². The van der Waals surface area contributed by atoms with Crippen molar-refractivity contribution in [1.82, 2.24) is 8.87 Å². The minimum absolute atomic E-state index is 0.0633. The Morgan fingerprint density at radius 2 is 1.86 bits per heavy atom. The van der Waals surface area contributed by atoms with Gasteiger partial charge in [0.1, 0.15) is 12.3 Å². The molecule has 0 unspecified atom stereocenters. The highest BCUT2D eigenvalue weighted by Crippen LogP contribution is 2.35. The summed E-state index contributed by atoms with van der Waals surface area (Å²) in [6.45, 7) is 3.69. The van der Waals surface area contributed by atoms with Crippen molar-refractivity contribution in [2.75, 3.05) is 19.9 Å². The molecule has 0 bridgehead atoms. The van der Waals surface area contributed by atoms with Crippen molar-refractivity contribution < 1.29 is 27.4 Å². The Bertz CT molecular complexity index is 1040. The predicted octanol–water partition coefficient (Wildman–Crippen LogP) is 1.21. The number of aromatic nitrogens is 1. The number of sulfonamides is 1. The number of esters is 1. The first-order chi connectivity index (χ1) is 13.3. The molecule has 0 fully saturated rings. The van der Waals surface area contributed by atoms with E-state index in [1.54, 1.807) is 19.9 Å². The second kappa shape index (κ2) is 8.03. The van der Waals surface area contributed by atoms with Crippen LogP contribution in [0.1, 0.15) is 13.8 Å². The van der Waals surface area contributed by atoms with E-state index in [9.17, 15) is 18.0 Å². The second-order valence-corrected chi connectivity index (χ2v) is 7.85. The van der Waals surface area contributed by atoms with Crippen LogP contribution in [0.3, 0.4) is 0 Å². The molecule has 3 rings (SSSR count). The van der Waals surface area contributed by atoms with Gasteiger partial charge in [0.25, 0.3) is 5.56 Å². The van der Waals surface area contributed by atoms with Gasteiger partial charge in [0.15, 0.2) is 11.5 Å². The molecular weight excluding hydrogens is 388 g/mol. The maximum Gasteiger partial charge on any atom is 0.331 e. The van der Waals surface area contributed by atoms with Crippen LogP contribution in [0.25, 0.3) is 0 Å². The van der Waals surface area contributed by atoms with Crippen molar-refractivity contribution >= 4 is 16.0 Å². The van der Waals surface area contributed by atoms with Crippen LogP contribution in [0.2, 0.25) is 0 Å². The van der Waals surface area contributed by atoms with E-state index in [2.05, 4.69) is 0 Å². The average Bonchev–Trinajstić information content (AvgIpc) is 3.12. The number of fused-ring (bicyclic) bond motifs is 1. The monoisotopic (exact) mass is 408 g/mol. The van der Waals surface area contributed by atoms with Crippen molar-refractivity contribution in [2.45, 2.75) is 25.3 Å². The lowest BCUT2D eigenvalue weighted by atomic mass is 10.3. The fraction of sp³-hybridized carbons (Fsp3) is 0.333. The van der Waals surface area contributed by atoms with Gasteiger partial charge in [0, 0.05) is 31.4 Å².